The van der Waals surface area contributed by atoms with Crippen LogP contribution in [0.3, 0.4) is 0 Å². The van der Waals surface area contributed by atoms with E-state index < -0.39 is 5.97 Å². The van der Waals surface area contributed by atoms with E-state index in [0.29, 0.717) is 13.1 Å². The third-order valence-corrected chi connectivity index (χ3v) is 2.31. The molecule has 92 valence electrons. The van der Waals surface area contributed by atoms with Crippen LogP contribution in [0, 0.1) is 0 Å². The highest BCUT2D eigenvalue weighted by molar-refractivity contribution is 5.80. The van der Waals surface area contributed by atoms with E-state index in [1.807, 2.05) is 24.3 Å². The van der Waals surface area contributed by atoms with Gasteiger partial charge in [-0.15, -0.1) is 0 Å². The first-order valence-corrected chi connectivity index (χ1v) is 5.41. The molecule has 4 nitrogen and oxygen atoms in total. The minimum Gasteiger partial charge on any atom is -0.478 e. The van der Waals surface area contributed by atoms with Crippen LogP contribution in [0.2, 0.25) is 0 Å². The maximum atomic E-state index is 10.4. The quantitative estimate of drug-likeness (QED) is 0.650. The molecule has 0 aliphatic carbocycles. The highest BCUT2D eigenvalue weighted by Gasteiger charge is 1.96. The van der Waals surface area contributed by atoms with Crippen LogP contribution in [0.5, 0.6) is 0 Å². The second kappa shape index (κ2) is 6.83. The number of nitrogens with one attached hydrogen (secondary N) is 1. The van der Waals surface area contributed by atoms with Gasteiger partial charge in [-0.3, -0.25) is 0 Å². The van der Waals surface area contributed by atoms with Crippen LogP contribution >= 0.6 is 0 Å². The molecule has 0 atom stereocenters. The summed E-state index contributed by atoms with van der Waals surface area (Å²) in [7, 11) is 0. The molecule has 0 bridgehead atoms. The monoisotopic (exact) mass is 235 g/mol. The summed E-state index contributed by atoms with van der Waals surface area (Å²) in [6.07, 6.45) is 1.20. The Morgan fingerprint density at radius 3 is 2.41 bits per heavy atom. The van der Waals surface area contributed by atoms with Crippen LogP contribution in [0.4, 0.5) is 0 Å². The van der Waals surface area contributed by atoms with E-state index in [2.05, 4.69) is 5.32 Å². The molecule has 0 aromatic heterocycles. The number of rotatable bonds is 6. The first-order valence-electron chi connectivity index (χ1n) is 5.41. The van der Waals surface area contributed by atoms with Gasteiger partial charge in [-0.2, -0.15) is 0 Å². The molecule has 17 heavy (non-hydrogen) atoms. The Hall–Kier alpha value is -1.65. The van der Waals surface area contributed by atoms with Gasteiger partial charge in [-0.25, -0.2) is 4.79 Å². The van der Waals surface area contributed by atoms with Crippen molar-refractivity contribution in [3.8, 4) is 0 Å². The predicted octanol–water partition coefficient (Wildman–Crippen LogP) is 1.30. The first kappa shape index (κ1) is 13.4. The maximum Gasteiger partial charge on any atom is 0.328 e. The number of carboxylic acids is 1. The van der Waals surface area contributed by atoms with Crippen molar-refractivity contribution in [3.05, 3.63) is 47.0 Å². The molecule has 0 aliphatic rings. The lowest BCUT2D eigenvalue weighted by Crippen LogP contribution is -2.16. The smallest absolute Gasteiger partial charge is 0.328 e. The Morgan fingerprint density at radius 1 is 1.29 bits per heavy atom. The Morgan fingerprint density at radius 2 is 1.88 bits per heavy atom. The number of carbonyl (C=O) groups is 1. The average molecular weight is 235 g/mol. The lowest BCUT2D eigenvalue weighted by Gasteiger charge is -2.05. The van der Waals surface area contributed by atoms with E-state index in [9.17, 15) is 4.79 Å². The number of aliphatic carboxylic acids is 1. The van der Waals surface area contributed by atoms with Crippen molar-refractivity contribution in [2.24, 2.45) is 0 Å². The molecule has 0 saturated heterocycles. The highest BCUT2D eigenvalue weighted by Crippen LogP contribution is 2.04. The molecule has 0 aliphatic heterocycles. The van der Waals surface area contributed by atoms with Crippen molar-refractivity contribution in [2.45, 2.75) is 20.1 Å². The van der Waals surface area contributed by atoms with Gasteiger partial charge in [0.25, 0.3) is 0 Å². The van der Waals surface area contributed by atoms with Gasteiger partial charge in [0.05, 0.1) is 6.61 Å². The molecule has 0 fully saturated rings. The third-order valence-electron chi connectivity index (χ3n) is 2.31. The molecule has 0 amide bonds. The zero-order chi connectivity index (χ0) is 12.7. The van der Waals surface area contributed by atoms with Gasteiger partial charge in [0.15, 0.2) is 0 Å². The molecule has 4 heteroatoms. The maximum absolute atomic E-state index is 10.4. The number of aliphatic hydroxyl groups is 1. The summed E-state index contributed by atoms with van der Waals surface area (Å²) in [4.78, 5) is 10.4. The van der Waals surface area contributed by atoms with Crippen molar-refractivity contribution in [1.29, 1.82) is 0 Å². The Bertz CT molecular complexity index is 396. The van der Waals surface area contributed by atoms with E-state index in [4.69, 9.17) is 10.2 Å². The standard InChI is InChI=1S/C13H17NO3/c1-10(6-13(16)17)7-14-8-11-2-4-12(9-15)5-3-11/h2-6,14-15H,7-9H2,1H3,(H,16,17)/b10-6-. The molecule has 0 radical (unpaired) electrons. The Kier molecular flexibility index (Phi) is 5.39. The summed E-state index contributed by atoms with van der Waals surface area (Å²) in [5, 5.41) is 20.6. The summed E-state index contributed by atoms with van der Waals surface area (Å²) in [5.41, 5.74) is 2.77. The first-order chi connectivity index (χ1) is 8.11. The Balaban J connectivity index is 2.38. The molecule has 3 N–H and O–H groups in total. The van der Waals surface area contributed by atoms with E-state index in [0.717, 1.165) is 16.7 Å². The van der Waals surface area contributed by atoms with Crippen LogP contribution in [0.25, 0.3) is 0 Å². The van der Waals surface area contributed by atoms with Crippen LogP contribution in [-0.4, -0.2) is 22.7 Å². The molecule has 0 saturated carbocycles. The minimum atomic E-state index is -0.920. The third kappa shape index (κ3) is 5.29. The van der Waals surface area contributed by atoms with Crippen LogP contribution < -0.4 is 5.32 Å². The summed E-state index contributed by atoms with van der Waals surface area (Å²) in [5.74, 6) is -0.920. The van der Waals surface area contributed by atoms with Gasteiger partial charge >= 0.3 is 5.97 Å². The fraction of sp³-hybridized carbons (Fsp3) is 0.308. The molecule has 1 rings (SSSR count). The van der Waals surface area contributed by atoms with Crippen LogP contribution in [0.15, 0.2) is 35.9 Å². The summed E-state index contributed by atoms with van der Waals surface area (Å²) in [6.45, 7) is 3.05. The van der Waals surface area contributed by atoms with Gasteiger partial charge in [-0.05, 0) is 18.1 Å². The summed E-state index contributed by atoms with van der Waals surface area (Å²) < 4.78 is 0. The van der Waals surface area contributed by atoms with Gasteiger partial charge in [0, 0.05) is 19.2 Å². The Labute approximate surface area is 101 Å². The van der Waals surface area contributed by atoms with E-state index in [1.165, 1.54) is 6.08 Å². The average Bonchev–Trinajstić information content (AvgIpc) is 2.29. The zero-order valence-corrected chi connectivity index (χ0v) is 9.81. The van der Waals surface area contributed by atoms with E-state index >= 15 is 0 Å². The van der Waals surface area contributed by atoms with Gasteiger partial charge in [0.2, 0.25) is 0 Å². The number of aliphatic hydroxyl groups excluding tert-OH is 1. The molecule has 1 aromatic carbocycles. The molecule has 0 spiro atoms. The van der Waals surface area contributed by atoms with Crippen molar-refractivity contribution in [3.63, 3.8) is 0 Å². The number of hydrogen-bond acceptors (Lipinski definition) is 3. The molecular weight excluding hydrogens is 218 g/mol. The van der Waals surface area contributed by atoms with Crippen LogP contribution in [-0.2, 0) is 17.9 Å². The second-order valence-electron chi connectivity index (χ2n) is 3.91. The van der Waals surface area contributed by atoms with Gasteiger partial charge < -0.3 is 15.5 Å². The number of hydrogen-bond donors (Lipinski definition) is 3. The predicted molar refractivity (Wildman–Crippen MR) is 65.5 cm³/mol. The SMILES string of the molecule is C/C(=C/C(=O)O)CNCc1ccc(CO)cc1. The minimum absolute atomic E-state index is 0.0498. The van der Waals surface area contributed by atoms with Crippen molar-refractivity contribution >= 4 is 5.97 Å². The van der Waals surface area contributed by atoms with Crippen molar-refractivity contribution < 1.29 is 15.0 Å². The van der Waals surface area contributed by atoms with Gasteiger partial charge in [0.1, 0.15) is 0 Å². The highest BCUT2D eigenvalue weighted by atomic mass is 16.4. The number of carboxylic acid groups (broad SMARTS) is 1. The summed E-state index contributed by atoms with van der Waals surface area (Å²) >= 11 is 0. The number of benzene rings is 1. The molecule has 0 unspecified atom stereocenters. The normalized spacial score (nSPS) is 11.5. The van der Waals surface area contributed by atoms with Crippen molar-refractivity contribution in [2.75, 3.05) is 6.54 Å². The largest absolute Gasteiger partial charge is 0.478 e. The molecule has 0 heterocycles. The lowest BCUT2D eigenvalue weighted by molar-refractivity contribution is -0.131. The topological polar surface area (TPSA) is 69.6 Å². The van der Waals surface area contributed by atoms with Crippen molar-refractivity contribution in [1.82, 2.24) is 5.32 Å². The summed E-state index contributed by atoms with van der Waals surface area (Å²) in [6, 6.07) is 7.62. The molecular formula is C13H17NO3. The fourth-order valence-corrected chi connectivity index (χ4v) is 1.43. The van der Waals surface area contributed by atoms with E-state index in [1.54, 1.807) is 6.92 Å². The second-order valence-corrected chi connectivity index (χ2v) is 3.91. The van der Waals surface area contributed by atoms with Crippen LogP contribution in [0.1, 0.15) is 18.1 Å². The fourth-order valence-electron chi connectivity index (χ4n) is 1.43. The van der Waals surface area contributed by atoms with E-state index in [-0.39, 0.29) is 6.61 Å². The zero-order valence-electron chi connectivity index (χ0n) is 9.81. The van der Waals surface area contributed by atoms with Gasteiger partial charge in [-0.1, -0.05) is 29.8 Å². The lowest BCUT2D eigenvalue weighted by atomic mass is 10.1. The molecule has 1 aromatic rings.